The van der Waals surface area contributed by atoms with Crippen LogP contribution in [0.25, 0.3) is 22.0 Å². The van der Waals surface area contributed by atoms with Gasteiger partial charge in [-0.05, 0) is 28.8 Å². The highest BCUT2D eigenvalue weighted by molar-refractivity contribution is 7.77. The summed E-state index contributed by atoms with van der Waals surface area (Å²) < 4.78 is 28.3. The standard InChI is InChI=1S/C15H13ClN4O3S/c16-15-9-2-1-8(3-13(9)18-19-15)10-4-17-5-11-12(10)6-23-7-14(11)20-24(21)22/h1-5,14,20H,6-7H2,(H,18,19)(H,21,22). The zero-order chi connectivity index (χ0) is 16.7. The van der Waals surface area contributed by atoms with Crippen LogP contribution in [0, 0.1) is 0 Å². The second-order valence-electron chi connectivity index (χ2n) is 5.46. The summed E-state index contributed by atoms with van der Waals surface area (Å²) in [5.41, 5.74) is 4.41. The van der Waals surface area contributed by atoms with Gasteiger partial charge in [-0.1, -0.05) is 17.7 Å². The third kappa shape index (κ3) is 2.72. The van der Waals surface area contributed by atoms with E-state index >= 15 is 0 Å². The molecule has 0 spiro atoms. The third-order valence-corrected chi connectivity index (χ3v) is 4.83. The van der Waals surface area contributed by atoms with Crippen LogP contribution in [-0.4, -0.2) is 30.5 Å². The van der Waals surface area contributed by atoms with Gasteiger partial charge in [-0.25, -0.2) is 8.93 Å². The van der Waals surface area contributed by atoms with E-state index in [0.29, 0.717) is 18.4 Å². The van der Waals surface area contributed by atoms with Crippen molar-refractivity contribution in [3.63, 3.8) is 0 Å². The van der Waals surface area contributed by atoms with Crippen LogP contribution in [0.4, 0.5) is 0 Å². The number of benzene rings is 1. The highest BCUT2D eigenvalue weighted by Gasteiger charge is 2.25. The number of halogens is 1. The van der Waals surface area contributed by atoms with E-state index in [4.69, 9.17) is 20.9 Å². The first-order valence-electron chi connectivity index (χ1n) is 7.19. The zero-order valence-electron chi connectivity index (χ0n) is 12.3. The minimum atomic E-state index is -2.12. The summed E-state index contributed by atoms with van der Waals surface area (Å²) in [6.45, 7) is 0.737. The third-order valence-electron chi connectivity index (χ3n) is 4.06. The van der Waals surface area contributed by atoms with Crippen molar-refractivity contribution in [3.05, 3.63) is 46.9 Å². The predicted molar refractivity (Wildman–Crippen MR) is 90.6 cm³/mol. The fourth-order valence-corrected chi connectivity index (χ4v) is 3.59. The number of H-pyrrole nitrogens is 1. The highest BCUT2D eigenvalue weighted by atomic mass is 35.5. The fraction of sp³-hybridized carbons (Fsp3) is 0.200. The van der Waals surface area contributed by atoms with Gasteiger partial charge in [-0.3, -0.25) is 14.6 Å². The summed E-state index contributed by atoms with van der Waals surface area (Å²) in [4.78, 5) is 4.29. The minimum Gasteiger partial charge on any atom is -0.375 e. The average Bonchev–Trinajstić information content (AvgIpc) is 2.95. The molecule has 4 rings (SSSR count). The normalized spacial score (nSPS) is 18.5. The minimum absolute atomic E-state index is 0.318. The number of hydrogen-bond donors (Lipinski definition) is 3. The first-order chi connectivity index (χ1) is 11.6. The zero-order valence-corrected chi connectivity index (χ0v) is 13.9. The Hall–Kier alpha value is -1.84. The summed E-state index contributed by atoms with van der Waals surface area (Å²) in [6, 6.07) is 5.40. The maximum Gasteiger partial charge on any atom is 0.232 e. The number of rotatable bonds is 3. The number of nitrogens with zero attached hydrogens (tertiary/aromatic N) is 2. The molecule has 2 atom stereocenters. The summed E-state index contributed by atoms with van der Waals surface area (Å²) in [5, 5.41) is 8.28. The van der Waals surface area contributed by atoms with E-state index in [1.807, 2.05) is 18.2 Å². The van der Waals surface area contributed by atoms with Gasteiger partial charge in [0.05, 0.1) is 24.8 Å². The van der Waals surface area contributed by atoms with Crippen molar-refractivity contribution in [2.24, 2.45) is 0 Å². The molecule has 0 bridgehead atoms. The van der Waals surface area contributed by atoms with Crippen molar-refractivity contribution >= 4 is 33.8 Å². The van der Waals surface area contributed by atoms with Crippen LogP contribution >= 0.6 is 11.6 Å². The summed E-state index contributed by atoms with van der Waals surface area (Å²) in [5.74, 6) is 0. The van der Waals surface area contributed by atoms with E-state index in [9.17, 15) is 4.21 Å². The summed E-state index contributed by atoms with van der Waals surface area (Å²) in [7, 11) is 0. The molecule has 0 saturated carbocycles. The number of aromatic amines is 1. The monoisotopic (exact) mass is 364 g/mol. The van der Waals surface area contributed by atoms with Crippen LogP contribution in [0.5, 0.6) is 0 Å². The van der Waals surface area contributed by atoms with Gasteiger partial charge < -0.3 is 4.74 Å². The summed E-state index contributed by atoms with van der Waals surface area (Å²) >= 11 is 3.92. The lowest BCUT2D eigenvalue weighted by Gasteiger charge is -2.26. The maximum absolute atomic E-state index is 11.1. The molecule has 7 nitrogen and oxygen atoms in total. The molecular formula is C15H13ClN4O3S. The Bertz CT molecular complexity index is 946. The Kier molecular flexibility index (Phi) is 4.07. The van der Waals surface area contributed by atoms with E-state index in [0.717, 1.165) is 33.2 Å². The molecule has 2 unspecified atom stereocenters. The Morgan fingerprint density at radius 2 is 2.29 bits per heavy atom. The smallest absolute Gasteiger partial charge is 0.232 e. The van der Waals surface area contributed by atoms with Gasteiger partial charge in [0.2, 0.25) is 11.3 Å². The molecule has 0 radical (unpaired) electrons. The Labute approximate surface area is 144 Å². The second kappa shape index (κ2) is 6.23. The molecule has 0 fully saturated rings. The number of pyridine rings is 1. The van der Waals surface area contributed by atoms with Gasteiger partial charge in [0.15, 0.2) is 0 Å². The number of hydrogen-bond acceptors (Lipinski definition) is 4. The molecule has 24 heavy (non-hydrogen) atoms. The average molecular weight is 365 g/mol. The van der Waals surface area contributed by atoms with Crippen LogP contribution in [0.1, 0.15) is 17.2 Å². The Morgan fingerprint density at radius 3 is 3.12 bits per heavy atom. The van der Waals surface area contributed by atoms with Gasteiger partial charge >= 0.3 is 0 Å². The first kappa shape index (κ1) is 15.7. The molecule has 0 saturated heterocycles. The van der Waals surface area contributed by atoms with Crippen molar-refractivity contribution in [2.45, 2.75) is 12.6 Å². The Morgan fingerprint density at radius 1 is 1.42 bits per heavy atom. The van der Waals surface area contributed by atoms with Gasteiger partial charge in [0.25, 0.3) is 0 Å². The molecule has 1 aliphatic heterocycles. The van der Waals surface area contributed by atoms with Gasteiger partial charge in [-0.2, -0.15) is 5.10 Å². The Balaban J connectivity index is 1.82. The highest BCUT2D eigenvalue weighted by Crippen LogP contribution is 2.34. The van der Waals surface area contributed by atoms with E-state index in [1.54, 1.807) is 12.4 Å². The molecule has 1 aromatic carbocycles. The van der Waals surface area contributed by atoms with Crippen molar-refractivity contribution in [3.8, 4) is 11.1 Å². The van der Waals surface area contributed by atoms with Crippen LogP contribution in [0.2, 0.25) is 5.15 Å². The first-order valence-corrected chi connectivity index (χ1v) is 8.67. The van der Waals surface area contributed by atoms with Crippen LogP contribution in [-0.2, 0) is 22.6 Å². The van der Waals surface area contributed by atoms with Gasteiger partial charge in [0, 0.05) is 23.3 Å². The maximum atomic E-state index is 11.1. The molecule has 2 aromatic heterocycles. The van der Waals surface area contributed by atoms with E-state index < -0.39 is 11.3 Å². The molecule has 3 heterocycles. The molecule has 0 aliphatic carbocycles. The lowest BCUT2D eigenvalue weighted by Crippen LogP contribution is -2.31. The van der Waals surface area contributed by atoms with Crippen LogP contribution < -0.4 is 4.72 Å². The van der Waals surface area contributed by atoms with Crippen LogP contribution in [0.3, 0.4) is 0 Å². The molecule has 0 amide bonds. The molecule has 3 N–H and O–H groups in total. The van der Waals surface area contributed by atoms with Gasteiger partial charge in [0.1, 0.15) is 5.15 Å². The number of fused-ring (bicyclic) bond motifs is 2. The van der Waals surface area contributed by atoms with Crippen molar-refractivity contribution in [2.75, 3.05) is 6.61 Å². The lowest BCUT2D eigenvalue weighted by atomic mass is 9.94. The largest absolute Gasteiger partial charge is 0.375 e. The molecular weight excluding hydrogens is 352 g/mol. The quantitative estimate of drug-likeness (QED) is 0.620. The second-order valence-corrected chi connectivity index (χ2v) is 6.57. The van der Waals surface area contributed by atoms with Crippen LogP contribution in [0.15, 0.2) is 30.6 Å². The molecule has 1 aliphatic rings. The van der Waals surface area contributed by atoms with E-state index in [-0.39, 0.29) is 6.04 Å². The molecule has 124 valence electrons. The number of nitrogens with one attached hydrogen (secondary N) is 2. The fourth-order valence-electron chi connectivity index (χ4n) is 2.95. The van der Waals surface area contributed by atoms with Crippen molar-refractivity contribution in [1.29, 1.82) is 0 Å². The van der Waals surface area contributed by atoms with Gasteiger partial charge in [-0.15, -0.1) is 0 Å². The summed E-state index contributed by atoms with van der Waals surface area (Å²) in [6.07, 6.45) is 3.46. The van der Waals surface area contributed by atoms with E-state index in [2.05, 4.69) is 19.9 Å². The van der Waals surface area contributed by atoms with Crippen molar-refractivity contribution < 1.29 is 13.5 Å². The van der Waals surface area contributed by atoms with E-state index in [1.165, 1.54) is 0 Å². The topological polar surface area (TPSA) is 100 Å². The van der Waals surface area contributed by atoms with Crippen molar-refractivity contribution in [1.82, 2.24) is 19.9 Å². The SMILES string of the molecule is O=S(O)NC1COCc2c(-c3ccc4c(Cl)[nH]nc4c3)cncc21. The lowest BCUT2D eigenvalue weighted by molar-refractivity contribution is 0.0883. The number of aromatic nitrogens is 3. The number of ether oxygens (including phenoxy) is 1. The molecule has 9 heteroatoms. The molecule has 3 aromatic rings. The predicted octanol–water partition coefficient (Wildman–Crippen LogP) is 2.58.